The monoisotopic (exact) mass is 319 g/mol. The van der Waals surface area contributed by atoms with Gasteiger partial charge < -0.3 is 14.4 Å². The summed E-state index contributed by atoms with van der Waals surface area (Å²) < 4.78 is 11.5. The van der Waals surface area contributed by atoms with Crippen molar-refractivity contribution in [2.45, 2.75) is 65.9 Å². The Morgan fingerprint density at radius 2 is 1.96 bits per heavy atom. The number of nitrogens with zero attached hydrogens (tertiary/aromatic N) is 1. The first kappa shape index (κ1) is 17.3. The molecule has 0 aliphatic carbocycles. The van der Waals surface area contributed by atoms with Crippen LogP contribution < -0.4 is 4.74 Å². The molecule has 2 rings (SSSR count). The number of carboxylic acid groups (broad SMARTS) is 1. The van der Waals surface area contributed by atoms with Crippen LogP contribution in [0.5, 0.6) is 5.75 Å². The Hall–Kier alpha value is -2.04. The van der Waals surface area contributed by atoms with E-state index in [0.29, 0.717) is 11.3 Å². The van der Waals surface area contributed by atoms with Gasteiger partial charge in [-0.25, -0.2) is 4.79 Å². The van der Waals surface area contributed by atoms with Crippen molar-refractivity contribution in [1.82, 2.24) is 5.16 Å². The van der Waals surface area contributed by atoms with Crippen molar-refractivity contribution in [3.8, 4) is 5.75 Å². The van der Waals surface area contributed by atoms with E-state index >= 15 is 0 Å². The highest BCUT2D eigenvalue weighted by Crippen LogP contribution is 2.37. The standard InChI is InChI=1S/C18H25NO4/c1-6-8-12-10-14-11(3)19-23-16(14)13(9-7-2)15(12)22-18(4,5)17(20)21/h10H,6-9H2,1-5H3,(H,20,21). The summed E-state index contributed by atoms with van der Waals surface area (Å²) in [4.78, 5) is 11.5. The van der Waals surface area contributed by atoms with Crippen molar-refractivity contribution in [2.24, 2.45) is 0 Å². The molecule has 0 saturated carbocycles. The summed E-state index contributed by atoms with van der Waals surface area (Å²) in [5.41, 5.74) is 2.19. The number of ether oxygens (including phenoxy) is 1. The van der Waals surface area contributed by atoms with Gasteiger partial charge in [0.25, 0.3) is 0 Å². The smallest absolute Gasteiger partial charge is 0.347 e. The summed E-state index contributed by atoms with van der Waals surface area (Å²) in [5, 5.41) is 14.5. The highest BCUT2D eigenvalue weighted by molar-refractivity contribution is 5.86. The van der Waals surface area contributed by atoms with E-state index in [4.69, 9.17) is 9.26 Å². The number of aryl methyl sites for hydroxylation is 3. The second kappa shape index (κ2) is 6.60. The predicted octanol–water partition coefficient (Wildman–Crippen LogP) is 4.28. The van der Waals surface area contributed by atoms with Gasteiger partial charge in [0.2, 0.25) is 0 Å². The van der Waals surface area contributed by atoms with Crippen LogP contribution in [0.4, 0.5) is 0 Å². The molecule has 0 atom stereocenters. The first-order valence-electron chi connectivity index (χ1n) is 8.14. The second-order valence-corrected chi connectivity index (χ2v) is 6.41. The number of rotatable bonds is 7. The fourth-order valence-electron chi connectivity index (χ4n) is 2.66. The molecule has 5 nitrogen and oxygen atoms in total. The van der Waals surface area contributed by atoms with Gasteiger partial charge in [-0.05, 0) is 45.2 Å². The van der Waals surface area contributed by atoms with Crippen molar-refractivity contribution in [1.29, 1.82) is 0 Å². The highest BCUT2D eigenvalue weighted by atomic mass is 16.5. The zero-order valence-electron chi connectivity index (χ0n) is 14.5. The molecule has 1 heterocycles. The number of benzene rings is 1. The van der Waals surface area contributed by atoms with Gasteiger partial charge >= 0.3 is 5.97 Å². The van der Waals surface area contributed by atoms with E-state index in [2.05, 4.69) is 19.0 Å². The van der Waals surface area contributed by atoms with Gasteiger partial charge in [-0.2, -0.15) is 0 Å². The van der Waals surface area contributed by atoms with Gasteiger partial charge in [-0.3, -0.25) is 0 Å². The van der Waals surface area contributed by atoms with Crippen LogP contribution in [0.3, 0.4) is 0 Å². The summed E-state index contributed by atoms with van der Waals surface area (Å²) in [6.45, 7) is 9.22. The minimum atomic E-state index is -1.30. The number of carboxylic acids is 1. The maximum absolute atomic E-state index is 11.5. The topological polar surface area (TPSA) is 72.6 Å². The molecule has 0 radical (unpaired) electrons. The van der Waals surface area contributed by atoms with Crippen molar-refractivity contribution in [2.75, 3.05) is 0 Å². The third-order valence-electron chi connectivity index (χ3n) is 3.96. The molecule has 0 aliphatic heterocycles. The molecule has 1 aromatic heterocycles. The minimum absolute atomic E-state index is 0.643. The first-order chi connectivity index (χ1) is 10.8. The Kier molecular flexibility index (Phi) is 4.97. The van der Waals surface area contributed by atoms with E-state index in [1.807, 2.05) is 13.0 Å². The fourth-order valence-corrected chi connectivity index (χ4v) is 2.66. The maximum Gasteiger partial charge on any atom is 0.347 e. The van der Waals surface area contributed by atoms with Crippen molar-refractivity contribution in [3.05, 3.63) is 22.9 Å². The second-order valence-electron chi connectivity index (χ2n) is 6.41. The molecule has 5 heteroatoms. The normalized spacial score (nSPS) is 11.9. The van der Waals surface area contributed by atoms with Crippen LogP contribution in [-0.4, -0.2) is 21.8 Å². The third kappa shape index (κ3) is 3.33. The van der Waals surface area contributed by atoms with Gasteiger partial charge in [0.15, 0.2) is 11.2 Å². The average Bonchev–Trinajstić information content (AvgIpc) is 2.84. The SMILES string of the molecule is CCCc1cc2c(C)noc2c(CCC)c1OC(C)(C)C(=O)O. The fraction of sp³-hybridized carbons (Fsp3) is 0.556. The molecular formula is C18H25NO4. The maximum atomic E-state index is 11.5. The summed E-state index contributed by atoms with van der Waals surface area (Å²) in [5.74, 6) is -0.346. The molecule has 0 bridgehead atoms. The molecule has 0 spiro atoms. The highest BCUT2D eigenvalue weighted by Gasteiger charge is 2.32. The molecule has 0 saturated heterocycles. The number of hydrogen-bond donors (Lipinski definition) is 1. The van der Waals surface area contributed by atoms with Gasteiger partial charge in [0, 0.05) is 10.9 Å². The molecule has 1 N–H and O–H groups in total. The molecule has 2 aromatic rings. The van der Waals surface area contributed by atoms with Crippen molar-refractivity contribution in [3.63, 3.8) is 0 Å². The van der Waals surface area contributed by atoms with E-state index in [-0.39, 0.29) is 0 Å². The molecule has 0 fully saturated rings. The lowest BCUT2D eigenvalue weighted by Gasteiger charge is -2.25. The predicted molar refractivity (Wildman–Crippen MR) is 89.1 cm³/mol. The molecule has 1 aromatic carbocycles. The van der Waals surface area contributed by atoms with Gasteiger partial charge in [-0.1, -0.05) is 31.8 Å². The van der Waals surface area contributed by atoms with E-state index in [1.54, 1.807) is 13.8 Å². The lowest BCUT2D eigenvalue weighted by molar-refractivity contribution is -0.152. The van der Waals surface area contributed by atoms with E-state index in [1.165, 1.54) is 0 Å². The van der Waals surface area contributed by atoms with Crippen molar-refractivity contribution >= 4 is 16.9 Å². The number of carbonyl (C=O) groups is 1. The van der Waals surface area contributed by atoms with Crippen molar-refractivity contribution < 1.29 is 19.2 Å². The Bertz CT molecular complexity index is 715. The summed E-state index contributed by atoms with van der Waals surface area (Å²) in [7, 11) is 0. The van der Waals surface area contributed by atoms with E-state index < -0.39 is 11.6 Å². The van der Waals surface area contributed by atoms with Gasteiger partial charge in [0.05, 0.1) is 5.69 Å². The molecule has 0 aliphatic rings. The zero-order chi connectivity index (χ0) is 17.2. The molecule has 126 valence electrons. The van der Waals surface area contributed by atoms with Crippen LogP contribution in [0.1, 0.15) is 57.4 Å². The van der Waals surface area contributed by atoms with Crippen LogP contribution in [0.25, 0.3) is 11.0 Å². The van der Waals surface area contributed by atoms with Gasteiger partial charge in [0.1, 0.15) is 5.75 Å². The Morgan fingerprint density at radius 3 is 2.52 bits per heavy atom. The van der Waals surface area contributed by atoms with Crippen LogP contribution in [0, 0.1) is 6.92 Å². The number of aliphatic carboxylic acids is 1. The summed E-state index contributed by atoms with van der Waals surface area (Å²) >= 11 is 0. The van der Waals surface area contributed by atoms with Crippen LogP contribution in [0.2, 0.25) is 0 Å². The lowest BCUT2D eigenvalue weighted by atomic mass is 9.97. The first-order valence-corrected chi connectivity index (χ1v) is 8.14. The summed E-state index contributed by atoms with van der Waals surface area (Å²) in [6.07, 6.45) is 3.44. The Balaban J connectivity index is 2.69. The molecule has 23 heavy (non-hydrogen) atoms. The average molecular weight is 319 g/mol. The third-order valence-corrected chi connectivity index (χ3v) is 3.96. The number of aromatic nitrogens is 1. The molecular weight excluding hydrogens is 294 g/mol. The van der Waals surface area contributed by atoms with E-state index in [9.17, 15) is 9.90 Å². The van der Waals surface area contributed by atoms with Gasteiger partial charge in [-0.15, -0.1) is 0 Å². The van der Waals surface area contributed by atoms with Crippen LogP contribution in [-0.2, 0) is 17.6 Å². The van der Waals surface area contributed by atoms with Crippen LogP contribution in [0.15, 0.2) is 10.6 Å². The lowest BCUT2D eigenvalue weighted by Crippen LogP contribution is -2.38. The van der Waals surface area contributed by atoms with Crippen LogP contribution >= 0.6 is 0 Å². The number of fused-ring (bicyclic) bond motifs is 1. The largest absolute Gasteiger partial charge is 0.478 e. The quantitative estimate of drug-likeness (QED) is 0.824. The zero-order valence-corrected chi connectivity index (χ0v) is 14.5. The number of hydrogen-bond acceptors (Lipinski definition) is 4. The minimum Gasteiger partial charge on any atom is -0.478 e. The summed E-state index contributed by atoms with van der Waals surface area (Å²) in [6, 6.07) is 2.02. The molecule has 0 unspecified atom stereocenters. The Labute approximate surface area is 136 Å². The molecule has 0 amide bonds. The Morgan fingerprint density at radius 1 is 1.30 bits per heavy atom. The van der Waals surface area contributed by atoms with E-state index in [0.717, 1.165) is 47.9 Å².